The SMILES string of the molecule is N[C@@H]1COCC[C@H]1C(=O)N1CCC[C@@H](Cc2ccc(F)cc2)C1.N[C@@H]1COCC[C@H]1CN1CCC[C@@H](Cc2ccc(F)cc2)C1. The highest BCUT2D eigenvalue weighted by atomic mass is 19.1. The topological polar surface area (TPSA) is 94.0 Å². The first-order valence-electron chi connectivity index (χ1n) is 17.0. The largest absolute Gasteiger partial charge is 0.380 e. The van der Waals surface area contributed by atoms with Gasteiger partial charge in [0.15, 0.2) is 0 Å². The number of hydrogen-bond acceptors (Lipinski definition) is 6. The minimum atomic E-state index is -0.206. The average molecular weight is 627 g/mol. The number of amides is 1. The fourth-order valence-electron chi connectivity index (χ4n) is 7.49. The van der Waals surface area contributed by atoms with Crippen molar-refractivity contribution in [3.8, 4) is 0 Å². The molecule has 0 aromatic heterocycles. The van der Waals surface area contributed by atoms with Gasteiger partial charge in [0.05, 0.1) is 19.1 Å². The molecule has 2 aromatic carbocycles. The maximum Gasteiger partial charge on any atom is 0.227 e. The molecule has 45 heavy (non-hydrogen) atoms. The van der Waals surface area contributed by atoms with E-state index in [1.165, 1.54) is 37.1 Å². The smallest absolute Gasteiger partial charge is 0.227 e. The highest BCUT2D eigenvalue weighted by Gasteiger charge is 2.34. The minimum absolute atomic E-state index is 0.103. The van der Waals surface area contributed by atoms with Crippen LogP contribution in [0, 0.1) is 35.3 Å². The summed E-state index contributed by atoms with van der Waals surface area (Å²) >= 11 is 0. The monoisotopic (exact) mass is 626 g/mol. The van der Waals surface area contributed by atoms with Crippen molar-refractivity contribution in [2.45, 2.75) is 63.5 Å². The molecule has 0 saturated carbocycles. The van der Waals surface area contributed by atoms with Gasteiger partial charge in [-0.15, -0.1) is 0 Å². The Balaban J connectivity index is 0.000000178. The second-order valence-corrected chi connectivity index (χ2v) is 13.6. The van der Waals surface area contributed by atoms with Crippen LogP contribution in [0.5, 0.6) is 0 Å². The lowest BCUT2D eigenvalue weighted by Gasteiger charge is -2.38. The van der Waals surface area contributed by atoms with Gasteiger partial charge in [0.2, 0.25) is 5.91 Å². The number of halogens is 2. The van der Waals surface area contributed by atoms with E-state index in [0.29, 0.717) is 37.6 Å². The van der Waals surface area contributed by atoms with Gasteiger partial charge in [0.25, 0.3) is 0 Å². The Hall–Kier alpha value is -2.43. The van der Waals surface area contributed by atoms with Crippen molar-refractivity contribution in [1.82, 2.24) is 9.80 Å². The minimum Gasteiger partial charge on any atom is -0.380 e. The zero-order chi connectivity index (χ0) is 31.6. The summed E-state index contributed by atoms with van der Waals surface area (Å²) in [6.07, 6.45) is 8.41. The van der Waals surface area contributed by atoms with Crippen LogP contribution in [-0.4, -0.2) is 86.9 Å². The van der Waals surface area contributed by atoms with E-state index in [4.69, 9.17) is 20.9 Å². The number of likely N-dealkylation sites (tertiary alicyclic amines) is 2. The van der Waals surface area contributed by atoms with E-state index < -0.39 is 0 Å². The van der Waals surface area contributed by atoms with E-state index in [1.807, 2.05) is 29.2 Å². The Bertz CT molecular complexity index is 1180. The lowest BCUT2D eigenvalue weighted by Crippen LogP contribution is -2.51. The molecule has 9 heteroatoms. The Kier molecular flexibility index (Phi) is 12.8. The first-order chi connectivity index (χ1) is 21.8. The molecular formula is C36H52F2N4O3. The van der Waals surface area contributed by atoms with Crippen LogP contribution in [-0.2, 0) is 27.1 Å². The Morgan fingerprint density at radius 3 is 1.89 bits per heavy atom. The molecule has 0 aliphatic carbocycles. The molecule has 6 atom stereocenters. The highest BCUT2D eigenvalue weighted by molar-refractivity contribution is 5.79. The lowest BCUT2D eigenvalue weighted by molar-refractivity contribution is -0.141. The molecule has 4 N–H and O–H groups in total. The molecule has 4 aliphatic rings. The number of nitrogens with two attached hydrogens (primary N) is 2. The van der Waals surface area contributed by atoms with Crippen LogP contribution in [0.1, 0.15) is 49.7 Å². The van der Waals surface area contributed by atoms with Gasteiger partial charge in [-0.25, -0.2) is 8.78 Å². The standard InChI is InChI=1S/C18H25FN2O2.C18H27FN2O/c19-15-5-3-13(4-6-15)10-14-2-1-8-21(11-14)18(22)16-7-9-23-12-17(16)20;19-17-5-3-14(4-6-17)10-15-2-1-8-21(11-15)12-16-7-9-22-13-18(16)20/h3-6,14,16-17H,1-2,7-12,20H2;3-6,15-16,18H,1-2,7-13,20H2/t14-,16+,17+;15-,16-,18+/m00/s1. The maximum absolute atomic E-state index is 13.0. The highest BCUT2D eigenvalue weighted by Crippen LogP contribution is 2.26. The summed E-state index contributed by atoms with van der Waals surface area (Å²) in [5.41, 5.74) is 14.6. The number of nitrogens with zero attached hydrogens (tertiary/aromatic N) is 2. The second kappa shape index (κ2) is 16.9. The molecule has 248 valence electrons. The van der Waals surface area contributed by atoms with Gasteiger partial charge in [-0.2, -0.15) is 0 Å². The van der Waals surface area contributed by atoms with Crippen molar-refractivity contribution >= 4 is 5.91 Å². The van der Waals surface area contributed by atoms with Gasteiger partial charge in [-0.05, 0) is 111 Å². The molecule has 0 unspecified atom stereocenters. The number of piperidine rings is 2. The number of ether oxygens (including phenoxy) is 2. The van der Waals surface area contributed by atoms with Gasteiger partial charge >= 0.3 is 0 Å². The molecule has 1 amide bonds. The molecule has 2 aromatic rings. The van der Waals surface area contributed by atoms with Crippen LogP contribution < -0.4 is 11.5 Å². The number of rotatable bonds is 7. The molecule has 6 rings (SSSR count). The summed E-state index contributed by atoms with van der Waals surface area (Å²) < 4.78 is 36.8. The summed E-state index contributed by atoms with van der Waals surface area (Å²) in [6, 6.07) is 13.7. The van der Waals surface area contributed by atoms with E-state index in [9.17, 15) is 13.6 Å². The number of hydrogen-bond donors (Lipinski definition) is 2. The second-order valence-electron chi connectivity index (χ2n) is 13.6. The Labute approximate surface area is 267 Å². The van der Waals surface area contributed by atoms with Crippen LogP contribution in [0.4, 0.5) is 8.78 Å². The van der Waals surface area contributed by atoms with Crippen LogP contribution in [0.15, 0.2) is 48.5 Å². The molecule has 0 radical (unpaired) electrons. The van der Waals surface area contributed by atoms with Crippen LogP contribution in [0.25, 0.3) is 0 Å². The van der Waals surface area contributed by atoms with E-state index in [-0.39, 0.29) is 35.5 Å². The maximum atomic E-state index is 13.0. The van der Waals surface area contributed by atoms with E-state index in [2.05, 4.69) is 4.90 Å². The Morgan fingerprint density at radius 2 is 1.29 bits per heavy atom. The van der Waals surface area contributed by atoms with Crippen molar-refractivity contribution in [3.05, 3.63) is 71.3 Å². The van der Waals surface area contributed by atoms with Crippen molar-refractivity contribution in [2.24, 2.45) is 35.1 Å². The van der Waals surface area contributed by atoms with Gasteiger partial charge in [0, 0.05) is 51.5 Å². The fourth-order valence-corrected chi connectivity index (χ4v) is 7.49. The predicted octanol–water partition coefficient (Wildman–Crippen LogP) is 4.41. The zero-order valence-electron chi connectivity index (χ0n) is 26.6. The molecule has 7 nitrogen and oxygen atoms in total. The summed E-state index contributed by atoms with van der Waals surface area (Å²) in [5.74, 6) is 1.41. The summed E-state index contributed by atoms with van der Waals surface area (Å²) in [6.45, 7) is 7.68. The summed E-state index contributed by atoms with van der Waals surface area (Å²) in [5, 5.41) is 0. The number of carbonyl (C=O) groups is 1. The van der Waals surface area contributed by atoms with Crippen molar-refractivity contribution in [2.75, 3.05) is 59.2 Å². The first-order valence-corrected chi connectivity index (χ1v) is 17.0. The molecular weight excluding hydrogens is 574 g/mol. The van der Waals surface area contributed by atoms with Gasteiger partial charge in [-0.3, -0.25) is 4.79 Å². The van der Waals surface area contributed by atoms with Crippen molar-refractivity contribution < 1.29 is 23.0 Å². The number of carbonyl (C=O) groups excluding carboxylic acids is 1. The molecule has 4 heterocycles. The third-order valence-corrected chi connectivity index (χ3v) is 10.1. The predicted molar refractivity (Wildman–Crippen MR) is 172 cm³/mol. The summed E-state index contributed by atoms with van der Waals surface area (Å²) in [4.78, 5) is 17.3. The third kappa shape index (κ3) is 10.3. The summed E-state index contributed by atoms with van der Waals surface area (Å²) in [7, 11) is 0. The fraction of sp³-hybridized carbons (Fsp3) is 0.639. The molecule has 4 aliphatic heterocycles. The van der Waals surface area contributed by atoms with Crippen LogP contribution in [0.2, 0.25) is 0 Å². The quantitative estimate of drug-likeness (QED) is 0.473. The molecule has 0 spiro atoms. The average Bonchev–Trinajstić information content (AvgIpc) is 3.05. The van der Waals surface area contributed by atoms with E-state index in [0.717, 1.165) is 76.9 Å². The van der Waals surface area contributed by atoms with Crippen molar-refractivity contribution in [3.63, 3.8) is 0 Å². The van der Waals surface area contributed by atoms with Crippen LogP contribution in [0.3, 0.4) is 0 Å². The first kappa shape index (κ1) is 33.9. The van der Waals surface area contributed by atoms with Gasteiger partial charge in [-0.1, -0.05) is 24.3 Å². The Morgan fingerprint density at radius 1 is 0.733 bits per heavy atom. The van der Waals surface area contributed by atoms with Crippen LogP contribution >= 0.6 is 0 Å². The molecule has 4 saturated heterocycles. The zero-order valence-corrected chi connectivity index (χ0v) is 26.6. The number of benzene rings is 2. The van der Waals surface area contributed by atoms with Crippen molar-refractivity contribution in [1.29, 1.82) is 0 Å². The lowest BCUT2D eigenvalue weighted by atomic mass is 9.88. The third-order valence-electron chi connectivity index (χ3n) is 10.1. The van der Waals surface area contributed by atoms with Gasteiger partial charge in [0.1, 0.15) is 11.6 Å². The van der Waals surface area contributed by atoms with Gasteiger partial charge < -0.3 is 30.7 Å². The molecule has 0 bridgehead atoms. The molecule has 4 fully saturated rings. The van der Waals surface area contributed by atoms with E-state index in [1.54, 1.807) is 12.1 Å². The normalized spacial score (nSPS) is 29.5. The van der Waals surface area contributed by atoms with E-state index >= 15 is 0 Å².